The average molecular weight is 392 g/mol. The number of benzene rings is 2. The molecule has 0 bridgehead atoms. The van der Waals surface area contributed by atoms with E-state index in [0.29, 0.717) is 18.0 Å². The van der Waals surface area contributed by atoms with Crippen molar-refractivity contribution in [3.63, 3.8) is 0 Å². The van der Waals surface area contributed by atoms with Gasteiger partial charge in [0.25, 0.3) is 0 Å². The largest absolute Gasteiger partial charge is 0.493 e. The Kier molecular flexibility index (Phi) is 6.33. The van der Waals surface area contributed by atoms with Crippen LogP contribution in [-0.2, 0) is 23.5 Å². The molecule has 0 fully saturated rings. The van der Waals surface area contributed by atoms with Crippen molar-refractivity contribution >= 4 is 29.3 Å². The smallest absolute Gasteiger partial charge is 0.232 e. The van der Waals surface area contributed by atoms with Crippen LogP contribution in [0.5, 0.6) is 11.5 Å². The van der Waals surface area contributed by atoms with Crippen LogP contribution in [0.2, 0.25) is 5.02 Å². The molecule has 3 rings (SSSR count). The molecule has 6 heteroatoms. The quantitative estimate of drug-likeness (QED) is 0.740. The summed E-state index contributed by atoms with van der Waals surface area (Å²) in [6.45, 7) is 1.36. The molecule has 0 N–H and O–H groups in total. The summed E-state index contributed by atoms with van der Waals surface area (Å²) in [6, 6.07) is 11.7. The van der Waals surface area contributed by atoms with Crippen molar-refractivity contribution in [2.45, 2.75) is 18.7 Å². The molecule has 0 atom stereocenters. The summed E-state index contributed by atoms with van der Waals surface area (Å²) in [6.07, 6.45) is 0.837. The summed E-state index contributed by atoms with van der Waals surface area (Å²) in [7, 11) is 3.27. The van der Waals surface area contributed by atoms with Crippen molar-refractivity contribution in [3.05, 3.63) is 58.1 Å². The molecule has 0 aromatic heterocycles. The molecular weight excluding hydrogens is 370 g/mol. The van der Waals surface area contributed by atoms with E-state index in [1.165, 1.54) is 11.1 Å². The number of carbonyl (C=O) groups is 1. The Bertz CT molecular complexity index is 779. The number of hydrogen-bond acceptors (Lipinski definition) is 4. The Morgan fingerprint density at radius 1 is 1.12 bits per heavy atom. The third-order valence-electron chi connectivity index (χ3n) is 4.48. The Morgan fingerprint density at radius 2 is 1.77 bits per heavy atom. The first kappa shape index (κ1) is 18.9. The van der Waals surface area contributed by atoms with Crippen LogP contribution in [0.15, 0.2) is 36.4 Å². The number of hydrogen-bond donors (Lipinski definition) is 0. The molecule has 0 spiro atoms. The molecule has 1 aliphatic rings. The van der Waals surface area contributed by atoms with Crippen LogP contribution >= 0.6 is 23.4 Å². The first-order valence-electron chi connectivity index (χ1n) is 8.44. The third kappa shape index (κ3) is 4.46. The fraction of sp³-hybridized carbons (Fsp3) is 0.350. The van der Waals surface area contributed by atoms with Gasteiger partial charge in [-0.15, -0.1) is 11.8 Å². The maximum Gasteiger partial charge on any atom is 0.232 e. The van der Waals surface area contributed by atoms with Crippen LogP contribution < -0.4 is 9.47 Å². The molecule has 0 saturated heterocycles. The van der Waals surface area contributed by atoms with Gasteiger partial charge in [0.15, 0.2) is 11.5 Å². The number of nitrogens with zero attached hydrogens (tertiary/aromatic N) is 1. The first-order chi connectivity index (χ1) is 12.6. The first-order valence-corrected chi connectivity index (χ1v) is 9.97. The highest BCUT2D eigenvalue weighted by atomic mass is 35.5. The lowest BCUT2D eigenvalue weighted by molar-refractivity contribution is -0.129. The minimum Gasteiger partial charge on any atom is -0.493 e. The Labute approximate surface area is 163 Å². The fourth-order valence-corrected chi connectivity index (χ4v) is 4.04. The topological polar surface area (TPSA) is 38.8 Å². The number of fused-ring (bicyclic) bond motifs is 1. The summed E-state index contributed by atoms with van der Waals surface area (Å²) in [5.41, 5.74) is 3.53. The van der Waals surface area contributed by atoms with Gasteiger partial charge in [-0.1, -0.05) is 23.7 Å². The van der Waals surface area contributed by atoms with Crippen molar-refractivity contribution in [2.75, 3.05) is 26.5 Å². The van der Waals surface area contributed by atoms with Crippen LogP contribution in [0.25, 0.3) is 0 Å². The Balaban J connectivity index is 1.57. The number of carbonyl (C=O) groups excluding carboxylic acids is 1. The van der Waals surface area contributed by atoms with Gasteiger partial charge in [0.05, 0.1) is 20.0 Å². The number of rotatable bonds is 6. The second kappa shape index (κ2) is 8.69. The van der Waals surface area contributed by atoms with Gasteiger partial charge in [0.1, 0.15) is 0 Å². The lowest BCUT2D eigenvalue weighted by Crippen LogP contribution is -2.37. The van der Waals surface area contributed by atoms with Crippen molar-refractivity contribution in [2.24, 2.45) is 0 Å². The van der Waals surface area contributed by atoms with Crippen LogP contribution in [0.1, 0.15) is 16.7 Å². The highest BCUT2D eigenvalue weighted by Crippen LogP contribution is 2.33. The van der Waals surface area contributed by atoms with Crippen LogP contribution in [0, 0.1) is 0 Å². The predicted molar refractivity (Wildman–Crippen MR) is 106 cm³/mol. The van der Waals surface area contributed by atoms with E-state index in [9.17, 15) is 4.79 Å². The van der Waals surface area contributed by atoms with Gasteiger partial charge < -0.3 is 14.4 Å². The van der Waals surface area contributed by atoms with Gasteiger partial charge in [-0.05, 0) is 47.4 Å². The highest BCUT2D eigenvalue weighted by Gasteiger charge is 2.22. The van der Waals surface area contributed by atoms with Crippen molar-refractivity contribution in [1.29, 1.82) is 0 Å². The minimum absolute atomic E-state index is 0.171. The molecule has 0 radical (unpaired) electrons. The van der Waals surface area contributed by atoms with E-state index in [0.717, 1.165) is 35.1 Å². The van der Waals surface area contributed by atoms with Gasteiger partial charge in [-0.25, -0.2) is 0 Å². The second-order valence-corrected chi connectivity index (χ2v) is 7.58. The normalized spacial score (nSPS) is 13.3. The predicted octanol–water partition coefficient (Wildman–Crippen LogP) is 4.18. The summed E-state index contributed by atoms with van der Waals surface area (Å²) in [4.78, 5) is 14.5. The molecule has 0 saturated carbocycles. The maximum absolute atomic E-state index is 12.6. The van der Waals surface area contributed by atoms with Crippen molar-refractivity contribution in [1.82, 2.24) is 4.90 Å². The highest BCUT2D eigenvalue weighted by molar-refractivity contribution is 7.99. The SMILES string of the molecule is COc1cc2c(cc1OC)CN(C(=O)CSCc1ccc(Cl)cc1)CC2. The van der Waals surface area contributed by atoms with Crippen molar-refractivity contribution < 1.29 is 14.3 Å². The van der Waals surface area contributed by atoms with E-state index in [-0.39, 0.29) is 5.91 Å². The average Bonchev–Trinajstić information content (AvgIpc) is 2.67. The molecule has 1 heterocycles. The summed E-state index contributed by atoms with van der Waals surface area (Å²) >= 11 is 7.53. The fourth-order valence-electron chi connectivity index (χ4n) is 3.02. The zero-order chi connectivity index (χ0) is 18.5. The van der Waals surface area contributed by atoms with Gasteiger partial charge in [-0.3, -0.25) is 4.79 Å². The number of ether oxygens (including phenoxy) is 2. The maximum atomic E-state index is 12.6. The third-order valence-corrected chi connectivity index (χ3v) is 5.72. The van der Waals surface area contributed by atoms with Gasteiger partial charge in [0.2, 0.25) is 5.91 Å². The number of amides is 1. The summed E-state index contributed by atoms with van der Waals surface area (Å²) < 4.78 is 10.7. The molecule has 2 aromatic carbocycles. The van der Waals surface area contributed by atoms with Gasteiger partial charge in [0, 0.05) is 23.9 Å². The van der Waals surface area contributed by atoms with E-state index >= 15 is 0 Å². The van der Waals surface area contributed by atoms with Crippen LogP contribution in [-0.4, -0.2) is 37.3 Å². The molecule has 2 aromatic rings. The molecule has 0 aliphatic carbocycles. The number of thioether (sulfide) groups is 1. The number of halogens is 1. The lowest BCUT2D eigenvalue weighted by Gasteiger charge is -2.29. The molecule has 1 aliphatic heterocycles. The Hall–Kier alpha value is -1.85. The lowest BCUT2D eigenvalue weighted by atomic mass is 9.99. The van der Waals surface area contributed by atoms with Crippen LogP contribution in [0.3, 0.4) is 0 Å². The van der Waals surface area contributed by atoms with E-state index in [2.05, 4.69) is 0 Å². The Morgan fingerprint density at radius 3 is 2.42 bits per heavy atom. The minimum atomic E-state index is 0.171. The standard InChI is InChI=1S/C20H22ClNO3S/c1-24-18-9-15-7-8-22(11-16(15)10-19(18)25-2)20(23)13-26-12-14-3-5-17(21)6-4-14/h3-6,9-10H,7-8,11-13H2,1-2H3. The zero-order valence-electron chi connectivity index (χ0n) is 15.0. The number of methoxy groups -OCH3 is 2. The molecule has 4 nitrogen and oxygen atoms in total. The molecule has 1 amide bonds. The summed E-state index contributed by atoms with van der Waals surface area (Å²) in [5, 5.41) is 0.730. The van der Waals surface area contributed by atoms with E-state index in [1.54, 1.807) is 26.0 Å². The molecule has 138 valence electrons. The van der Waals surface area contributed by atoms with Gasteiger partial charge in [-0.2, -0.15) is 0 Å². The van der Waals surface area contributed by atoms with Gasteiger partial charge >= 0.3 is 0 Å². The molecule has 26 heavy (non-hydrogen) atoms. The molecule has 0 unspecified atom stereocenters. The van der Waals surface area contributed by atoms with Crippen LogP contribution in [0.4, 0.5) is 0 Å². The second-order valence-electron chi connectivity index (χ2n) is 6.16. The zero-order valence-corrected chi connectivity index (χ0v) is 16.5. The molecular formula is C20H22ClNO3S. The van der Waals surface area contributed by atoms with E-state index in [4.69, 9.17) is 21.1 Å². The van der Waals surface area contributed by atoms with E-state index in [1.807, 2.05) is 41.3 Å². The van der Waals surface area contributed by atoms with Crippen molar-refractivity contribution in [3.8, 4) is 11.5 Å². The summed E-state index contributed by atoms with van der Waals surface area (Å²) in [5.74, 6) is 2.90. The van der Waals surface area contributed by atoms with E-state index < -0.39 is 0 Å². The monoisotopic (exact) mass is 391 g/mol.